The lowest BCUT2D eigenvalue weighted by Gasteiger charge is -2.31. The molecule has 3 amide bonds. The van der Waals surface area contributed by atoms with Crippen molar-refractivity contribution in [3.63, 3.8) is 0 Å². The molecule has 10 nitrogen and oxygen atoms in total. The van der Waals surface area contributed by atoms with E-state index in [2.05, 4.69) is 5.32 Å². The molecule has 3 unspecified atom stereocenters. The number of carbonyl (C=O) groups excluding carboxylic acids is 3. The molecule has 16 heteroatoms. The molecule has 49 heavy (non-hydrogen) atoms. The number of hydrogen-bond donors (Lipinski definition) is 2. The van der Waals surface area contributed by atoms with Crippen LogP contribution in [0.3, 0.4) is 0 Å². The third-order valence-corrected chi connectivity index (χ3v) is 11.9. The number of nitrogens with zero attached hydrogens (tertiary/aromatic N) is 2. The van der Waals surface area contributed by atoms with Crippen molar-refractivity contribution in [3.8, 4) is 0 Å². The van der Waals surface area contributed by atoms with Gasteiger partial charge in [0, 0.05) is 16.5 Å². The third kappa shape index (κ3) is 6.57. The summed E-state index contributed by atoms with van der Waals surface area (Å²) in [6.07, 6.45) is -4.70. The number of halogens is 3. The Hall–Kier alpha value is -4.25. The van der Waals surface area contributed by atoms with Gasteiger partial charge in [0.05, 0.1) is 27.1 Å². The van der Waals surface area contributed by atoms with Gasteiger partial charge in [-0.1, -0.05) is 74.2 Å². The highest BCUT2D eigenvalue weighted by atomic mass is 32.2. The Balaban J connectivity index is 1.39. The van der Waals surface area contributed by atoms with E-state index in [1.54, 1.807) is 0 Å². The first-order chi connectivity index (χ1) is 22.8. The number of nitrogens with one attached hydrogen (secondary N) is 1. The van der Waals surface area contributed by atoms with E-state index in [9.17, 15) is 40.8 Å². The molecule has 3 N–H and O–H groups in total. The number of alkyl halides is 3. The summed E-state index contributed by atoms with van der Waals surface area (Å²) in [5.41, 5.74) is 0.443. The number of fused-ring (bicyclic) bond motifs is 2. The molecular weight excluding hydrogens is 702 g/mol. The van der Waals surface area contributed by atoms with Crippen LogP contribution in [-0.2, 0) is 42.5 Å². The molecular formula is C33H29F3N4O6S3. The largest absolute Gasteiger partial charge is 0.416 e. The van der Waals surface area contributed by atoms with E-state index < -0.39 is 68.0 Å². The van der Waals surface area contributed by atoms with Gasteiger partial charge in [0.1, 0.15) is 11.8 Å². The number of thioether (sulfide) groups is 1. The molecule has 2 aliphatic rings. The second kappa shape index (κ2) is 12.3. The van der Waals surface area contributed by atoms with Crippen LogP contribution in [0.1, 0.15) is 48.3 Å². The first-order valence-electron chi connectivity index (χ1n) is 14.8. The average molecular weight is 731 g/mol. The monoisotopic (exact) mass is 730 g/mol. The molecule has 4 aromatic rings. The van der Waals surface area contributed by atoms with Gasteiger partial charge in [0.15, 0.2) is 0 Å². The minimum Gasteiger partial charge on any atom is -0.325 e. The van der Waals surface area contributed by atoms with E-state index in [0.29, 0.717) is 15.5 Å². The minimum atomic E-state index is -4.70. The fourth-order valence-corrected chi connectivity index (χ4v) is 9.24. The summed E-state index contributed by atoms with van der Waals surface area (Å²) in [7, 11) is -3.95. The number of imide groups is 1. The molecule has 0 spiro atoms. The topological polar surface area (TPSA) is 149 Å². The smallest absolute Gasteiger partial charge is 0.325 e. The molecule has 1 saturated heterocycles. The zero-order valence-corrected chi connectivity index (χ0v) is 28.6. The number of thiazole rings is 1. The highest BCUT2D eigenvalue weighted by Gasteiger charge is 2.57. The standard InChI is InChI=1S/C33H29F3N4O6S3/c1-32(2,3)18-9-7-17(8-10-18)24-25-26(29(43)40(28(25)42)21-6-4-5-19(15-21)33(34,35)36)47-30-27(24)48-31(44)39(30)16-23(41)38-20-11-13-22(14-12-20)49(37,45)46/h4-15,24-26H,16H2,1-3H3,(H,38,41)(H2,37,45,46). The maximum absolute atomic E-state index is 14.1. The molecule has 6 rings (SSSR count). The van der Waals surface area contributed by atoms with Gasteiger partial charge >= 0.3 is 11.0 Å². The Labute approximate surface area is 287 Å². The van der Waals surface area contributed by atoms with Gasteiger partial charge in [-0.3, -0.25) is 23.7 Å². The van der Waals surface area contributed by atoms with Crippen molar-refractivity contribution in [1.82, 2.24) is 4.57 Å². The van der Waals surface area contributed by atoms with Crippen LogP contribution in [-0.4, -0.2) is 36.0 Å². The number of aromatic nitrogens is 1. The maximum atomic E-state index is 14.1. The summed E-state index contributed by atoms with van der Waals surface area (Å²) >= 11 is 1.77. The van der Waals surface area contributed by atoms with E-state index >= 15 is 0 Å². The first-order valence-corrected chi connectivity index (χ1v) is 18.1. The molecule has 0 aliphatic carbocycles. The summed E-state index contributed by atoms with van der Waals surface area (Å²) < 4.78 is 65.1. The Kier molecular flexibility index (Phi) is 8.66. The van der Waals surface area contributed by atoms with Crippen molar-refractivity contribution in [2.24, 2.45) is 11.1 Å². The summed E-state index contributed by atoms with van der Waals surface area (Å²) in [5, 5.41) is 6.93. The summed E-state index contributed by atoms with van der Waals surface area (Å²) in [4.78, 5) is 55.2. The van der Waals surface area contributed by atoms with Crippen LogP contribution in [0.25, 0.3) is 0 Å². The minimum absolute atomic E-state index is 0.156. The number of sulfonamides is 1. The van der Waals surface area contributed by atoms with Crippen LogP contribution in [0.4, 0.5) is 24.5 Å². The fraction of sp³-hybridized carbons (Fsp3) is 0.273. The van der Waals surface area contributed by atoms with E-state index in [-0.39, 0.29) is 21.7 Å². The number of primary sulfonamides is 1. The van der Waals surface area contributed by atoms with Gasteiger partial charge in [-0.2, -0.15) is 13.2 Å². The first kappa shape index (κ1) is 34.6. The molecule has 0 radical (unpaired) electrons. The lowest BCUT2D eigenvalue weighted by atomic mass is 9.81. The molecule has 0 bridgehead atoms. The lowest BCUT2D eigenvalue weighted by molar-refractivity contribution is -0.137. The Morgan fingerprint density at radius 2 is 1.57 bits per heavy atom. The van der Waals surface area contributed by atoms with Crippen molar-refractivity contribution in [2.45, 2.75) is 60.0 Å². The number of rotatable bonds is 6. The Morgan fingerprint density at radius 3 is 2.16 bits per heavy atom. The number of carbonyl (C=O) groups is 3. The Bertz CT molecular complexity index is 2160. The average Bonchev–Trinajstić information content (AvgIpc) is 3.46. The van der Waals surface area contributed by atoms with E-state index in [1.165, 1.54) is 34.9 Å². The predicted molar refractivity (Wildman–Crippen MR) is 179 cm³/mol. The van der Waals surface area contributed by atoms with Crippen LogP contribution >= 0.6 is 23.1 Å². The molecule has 1 aromatic heterocycles. The number of benzene rings is 3. The van der Waals surface area contributed by atoms with Crippen LogP contribution in [0.15, 0.2) is 87.5 Å². The molecule has 3 aromatic carbocycles. The predicted octanol–water partition coefficient (Wildman–Crippen LogP) is 5.31. The highest BCUT2D eigenvalue weighted by Crippen LogP contribution is 2.54. The number of anilines is 2. The van der Waals surface area contributed by atoms with Gasteiger partial charge < -0.3 is 5.32 Å². The van der Waals surface area contributed by atoms with E-state index in [0.717, 1.165) is 51.8 Å². The number of hydrogen-bond acceptors (Lipinski definition) is 8. The van der Waals surface area contributed by atoms with Crippen molar-refractivity contribution in [2.75, 3.05) is 10.2 Å². The van der Waals surface area contributed by atoms with E-state index in [4.69, 9.17) is 5.14 Å². The highest BCUT2D eigenvalue weighted by molar-refractivity contribution is 8.00. The molecule has 256 valence electrons. The molecule has 3 atom stereocenters. The molecule has 3 heterocycles. The zero-order chi connectivity index (χ0) is 35.6. The molecule has 1 fully saturated rings. The van der Waals surface area contributed by atoms with Gasteiger partial charge in [-0.15, -0.1) is 0 Å². The quantitative estimate of drug-likeness (QED) is 0.256. The van der Waals surface area contributed by atoms with Gasteiger partial charge in [0.2, 0.25) is 27.7 Å². The molecule has 0 saturated carbocycles. The van der Waals surface area contributed by atoms with Crippen molar-refractivity contribution < 1.29 is 36.0 Å². The summed E-state index contributed by atoms with van der Waals surface area (Å²) in [6, 6.07) is 16.6. The van der Waals surface area contributed by atoms with Crippen LogP contribution in [0.2, 0.25) is 0 Å². The van der Waals surface area contributed by atoms with Crippen molar-refractivity contribution in [1.29, 1.82) is 0 Å². The van der Waals surface area contributed by atoms with Crippen LogP contribution < -0.4 is 20.2 Å². The van der Waals surface area contributed by atoms with E-state index in [1.807, 2.05) is 45.0 Å². The van der Waals surface area contributed by atoms with Crippen LogP contribution in [0, 0.1) is 5.92 Å². The second-order valence-electron chi connectivity index (χ2n) is 12.7. The number of amides is 3. The van der Waals surface area contributed by atoms with Crippen molar-refractivity contribution in [3.05, 3.63) is 104 Å². The summed E-state index contributed by atoms with van der Waals surface area (Å²) in [6.45, 7) is 5.63. The Morgan fingerprint density at radius 1 is 0.918 bits per heavy atom. The SMILES string of the molecule is CC(C)(C)c1ccc(C2c3sc(=O)n(CC(=O)Nc4ccc(S(N)(=O)=O)cc4)c3SC3C(=O)N(c4cccc(C(F)(F)F)c4)C(=O)C32)cc1. The zero-order valence-electron chi connectivity index (χ0n) is 26.1. The fourth-order valence-electron chi connectivity index (χ4n) is 5.95. The maximum Gasteiger partial charge on any atom is 0.416 e. The molecule has 2 aliphatic heterocycles. The van der Waals surface area contributed by atoms with Gasteiger partial charge in [0.25, 0.3) is 0 Å². The number of nitrogens with two attached hydrogens (primary N) is 1. The second-order valence-corrected chi connectivity index (χ2v) is 16.4. The summed E-state index contributed by atoms with van der Waals surface area (Å²) in [5.74, 6) is -3.90. The van der Waals surface area contributed by atoms with Crippen LogP contribution in [0.5, 0.6) is 0 Å². The van der Waals surface area contributed by atoms with Crippen molar-refractivity contribution >= 4 is 62.2 Å². The lowest BCUT2D eigenvalue weighted by Crippen LogP contribution is -2.33. The third-order valence-electron chi connectivity index (χ3n) is 8.39. The van der Waals surface area contributed by atoms with Gasteiger partial charge in [-0.25, -0.2) is 18.5 Å². The van der Waals surface area contributed by atoms with Gasteiger partial charge in [-0.05, 0) is 59.0 Å². The normalized spacial score (nSPS) is 19.5.